The first-order valence-electron chi connectivity index (χ1n) is 5.89. The van der Waals surface area contributed by atoms with Gasteiger partial charge in [0.1, 0.15) is 11.3 Å². The van der Waals surface area contributed by atoms with Gasteiger partial charge < -0.3 is 14.0 Å². The highest BCUT2D eigenvalue weighted by atomic mass is 16.6. The molecule has 6 heteroatoms. The Hall–Kier alpha value is -2.37. The van der Waals surface area contributed by atoms with Gasteiger partial charge in [-0.15, -0.1) is 0 Å². The fraction of sp³-hybridized carbons (Fsp3) is 0.308. The van der Waals surface area contributed by atoms with Gasteiger partial charge in [0.05, 0.1) is 6.61 Å². The van der Waals surface area contributed by atoms with Gasteiger partial charge in [-0.3, -0.25) is 0 Å². The fourth-order valence-corrected chi connectivity index (χ4v) is 1.52. The fourth-order valence-electron chi connectivity index (χ4n) is 1.52. The Labute approximate surface area is 110 Å². The van der Waals surface area contributed by atoms with Crippen molar-refractivity contribution in [1.29, 1.82) is 0 Å². The van der Waals surface area contributed by atoms with E-state index in [9.17, 15) is 4.79 Å². The zero-order valence-electron chi connectivity index (χ0n) is 10.8. The van der Waals surface area contributed by atoms with Crippen molar-refractivity contribution in [2.24, 2.45) is 0 Å². The summed E-state index contributed by atoms with van der Waals surface area (Å²) in [5, 5.41) is 3.61. The highest BCUT2D eigenvalue weighted by molar-refractivity contribution is 5.92. The minimum atomic E-state index is -0.486. The third-order valence-corrected chi connectivity index (χ3v) is 2.30. The second-order valence-electron chi connectivity index (χ2n) is 3.74. The molecule has 1 heterocycles. The zero-order chi connectivity index (χ0) is 13.7. The predicted molar refractivity (Wildman–Crippen MR) is 65.8 cm³/mol. The molecule has 0 saturated heterocycles. The Kier molecular flexibility index (Phi) is 4.12. The first-order valence-corrected chi connectivity index (χ1v) is 5.89. The average molecular weight is 262 g/mol. The molecule has 6 nitrogen and oxygen atoms in total. The summed E-state index contributed by atoms with van der Waals surface area (Å²) in [4.78, 5) is 15.9. The van der Waals surface area contributed by atoms with Gasteiger partial charge in [-0.05, 0) is 26.0 Å². The van der Waals surface area contributed by atoms with Crippen molar-refractivity contribution in [1.82, 2.24) is 10.1 Å². The molecule has 0 saturated carbocycles. The van der Waals surface area contributed by atoms with E-state index < -0.39 is 5.97 Å². The number of aromatic nitrogens is 2. The summed E-state index contributed by atoms with van der Waals surface area (Å²) >= 11 is 0. The number of hydrogen-bond acceptors (Lipinski definition) is 6. The van der Waals surface area contributed by atoms with E-state index in [1.54, 1.807) is 31.2 Å². The molecule has 1 aromatic heterocycles. The van der Waals surface area contributed by atoms with E-state index >= 15 is 0 Å². The van der Waals surface area contributed by atoms with Gasteiger partial charge >= 0.3 is 5.97 Å². The van der Waals surface area contributed by atoms with Crippen LogP contribution in [0.25, 0.3) is 0 Å². The highest BCUT2D eigenvalue weighted by Gasteiger charge is 2.14. The lowest BCUT2D eigenvalue weighted by Gasteiger charge is -2.08. The van der Waals surface area contributed by atoms with E-state index in [1.165, 1.54) is 0 Å². The second kappa shape index (κ2) is 5.99. The zero-order valence-corrected chi connectivity index (χ0v) is 10.8. The average Bonchev–Trinajstić information content (AvgIpc) is 2.83. The lowest BCUT2D eigenvalue weighted by Crippen LogP contribution is -2.08. The van der Waals surface area contributed by atoms with E-state index in [-0.39, 0.29) is 12.5 Å². The maximum absolute atomic E-state index is 11.9. The Balaban J connectivity index is 2.03. The van der Waals surface area contributed by atoms with Crippen LogP contribution >= 0.6 is 0 Å². The largest absolute Gasteiger partial charge is 0.493 e. The summed E-state index contributed by atoms with van der Waals surface area (Å²) in [6.07, 6.45) is 0. The predicted octanol–water partition coefficient (Wildman–Crippen LogP) is 2.13. The van der Waals surface area contributed by atoms with Crippen LogP contribution in [0.2, 0.25) is 0 Å². The first-order chi connectivity index (χ1) is 9.20. The summed E-state index contributed by atoms with van der Waals surface area (Å²) in [5.74, 6) is 0.775. The molecule has 0 aliphatic rings. The molecule has 0 spiro atoms. The molecular formula is C13H14N2O4. The van der Waals surface area contributed by atoms with Crippen molar-refractivity contribution < 1.29 is 18.8 Å². The normalized spacial score (nSPS) is 10.2. The number of carbonyl (C=O) groups excluding carboxylic acids is 1. The van der Waals surface area contributed by atoms with E-state index in [1.807, 2.05) is 6.92 Å². The smallest absolute Gasteiger partial charge is 0.342 e. The third kappa shape index (κ3) is 3.31. The number of rotatable bonds is 5. The maximum atomic E-state index is 11.9. The monoisotopic (exact) mass is 262 g/mol. The Bertz CT molecular complexity index is 565. The van der Waals surface area contributed by atoms with E-state index in [4.69, 9.17) is 14.0 Å². The molecule has 0 bridgehead atoms. The molecular weight excluding hydrogens is 248 g/mol. The molecule has 2 rings (SSSR count). The van der Waals surface area contributed by atoms with Gasteiger partial charge in [-0.1, -0.05) is 17.3 Å². The van der Waals surface area contributed by atoms with Crippen molar-refractivity contribution in [2.45, 2.75) is 20.5 Å². The quantitative estimate of drug-likeness (QED) is 0.768. The van der Waals surface area contributed by atoms with Crippen molar-refractivity contribution in [2.75, 3.05) is 6.61 Å². The summed E-state index contributed by atoms with van der Waals surface area (Å²) < 4.78 is 15.3. The topological polar surface area (TPSA) is 74.5 Å². The van der Waals surface area contributed by atoms with Crippen LogP contribution in [0.15, 0.2) is 28.8 Å². The maximum Gasteiger partial charge on any atom is 0.342 e. The van der Waals surface area contributed by atoms with Gasteiger partial charge in [0, 0.05) is 0 Å². The van der Waals surface area contributed by atoms with Crippen LogP contribution in [-0.2, 0) is 11.3 Å². The molecule has 0 fully saturated rings. The molecule has 0 atom stereocenters. The molecule has 0 amide bonds. The van der Waals surface area contributed by atoms with Crippen LogP contribution < -0.4 is 4.74 Å². The number of carbonyl (C=O) groups is 1. The molecule has 100 valence electrons. The van der Waals surface area contributed by atoms with Crippen LogP contribution in [0.5, 0.6) is 5.75 Å². The van der Waals surface area contributed by atoms with E-state index in [0.29, 0.717) is 23.7 Å². The van der Waals surface area contributed by atoms with Crippen LogP contribution in [0.3, 0.4) is 0 Å². The number of benzene rings is 1. The summed E-state index contributed by atoms with van der Waals surface area (Å²) in [6.45, 7) is 3.97. The lowest BCUT2D eigenvalue weighted by molar-refractivity contribution is 0.0425. The molecule has 0 aliphatic heterocycles. The van der Waals surface area contributed by atoms with Gasteiger partial charge in [-0.2, -0.15) is 4.98 Å². The van der Waals surface area contributed by atoms with E-state index in [0.717, 1.165) is 0 Å². The van der Waals surface area contributed by atoms with Gasteiger partial charge in [0.15, 0.2) is 12.4 Å². The van der Waals surface area contributed by atoms with Gasteiger partial charge in [0.2, 0.25) is 0 Å². The van der Waals surface area contributed by atoms with Gasteiger partial charge in [0.25, 0.3) is 5.89 Å². The van der Waals surface area contributed by atoms with Gasteiger partial charge in [-0.25, -0.2) is 4.79 Å². The lowest BCUT2D eigenvalue weighted by atomic mass is 10.2. The third-order valence-electron chi connectivity index (χ3n) is 2.30. The SMILES string of the molecule is CCOc1ccccc1C(=O)OCc1nc(C)no1. The van der Waals surface area contributed by atoms with Crippen molar-refractivity contribution in [3.63, 3.8) is 0 Å². The molecule has 19 heavy (non-hydrogen) atoms. The van der Waals surface area contributed by atoms with E-state index in [2.05, 4.69) is 10.1 Å². The van der Waals surface area contributed by atoms with Crippen LogP contribution in [-0.4, -0.2) is 22.7 Å². The molecule has 2 aromatic rings. The number of nitrogens with zero attached hydrogens (tertiary/aromatic N) is 2. The molecule has 0 aliphatic carbocycles. The highest BCUT2D eigenvalue weighted by Crippen LogP contribution is 2.19. The Morgan fingerprint density at radius 3 is 2.84 bits per heavy atom. The number of ether oxygens (including phenoxy) is 2. The van der Waals surface area contributed by atoms with Crippen molar-refractivity contribution >= 4 is 5.97 Å². The first kappa shape index (κ1) is 13.1. The summed E-state index contributed by atoms with van der Waals surface area (Å²) in [6, 6.07) is 6.91. The summed E-state index contributed by atoms with van der Waals surface area (Å²) in [7, 11) is 0. The summed E-state index contributed by atoms with van der Waals surface area (Å²) in [5.41, 5.74) is 0.376. The standard InChI is InChI=1S/C13H14N2O4/c1-3-17-11-7-5-4-6-10(11)13(16)18-8-12-14-9(2)15-19-12/h4-7H,3,8H2,1-2H3. The van der Waals surface area contributed by atoms with Crippen LogP contribution in [0.4, 0.5) is 0 Å². The van der Waals surface area contributed by atoms with Crippen molar-refractivity contribution in [3.8, 4) is 5.75 Å². The number of esters is 1. The van der Waals surface area contributed by atoms with Crippen LogP contribution in [0, 0.1) is 6.92 Å². The van der Waals surface area contributed by atoms with Crippen molar-refractivity contribution in [3.05, 3.63) is 41.5 Å². The number of para-hydroxylation sites is 1. The number of aryl methyl sites for hydroxylation is 1. The Morgan fingerprint density at radius 1 is 1.37 bits per heavy atom. The minimum absolute atomic E-state index is 0.0554. The second-order valence-corrected chi connectivity index (χ2v) is 3.74. The van der Waals surface area contributed by atoms with Crippen LogP contribution in [0.1, 0.15) is 29.0 Å². The molecule has 0 unspecified atom stereocenters. The minimum Gasteiger partial charge on any atom is -0.493 e. The Morgan fingerprint density at radius 2 is 2.16 bits per heavy atom. The molecule has 0 radical (unpaired) electrons. The number of hydrogen-bond donors (Lipinski definition) is 0. The molecule has 0 N–H and O–H groups in total. The molecule has 1 aromatic carbocycles.